The maximum absolute atomic E-state index is 11.9. The van der Waals surface area contributed by atoms with Crippen LogP contribution in [0.25, 0.3) is 4.85 Å². The molecule has 0 aliphatic rings. The number of carbonyl (C=O) groups excluding carboxylic acids is 1. The molecule has 0 aliphatic heterocycles. The van der Waals surface area contributed by atoms with E-state index in [-0.39, 0.29) is 19.3 Å². The summed E-state index contributed by atoms with van der Waals surface area (Å²) in [5, 5.41) is 2.64. The summed E-state index contributed by atoms with van der Waals surface area (Å²) in [7, 11) is 1.50. The quantitative estimate of drug-likeness (QED) is 0.494. The van der Waals surface area contributed by atoms with Crippen molar-refractivity contribution < 1.29 is 14.3 Å². The predicted molar refractivity (Wildman–Crippen MR) is 78.1 cm³/mol. The van der Waals surface area contributed by atoms with Gasteiger partial charge in [-0.3, -0.25) is 15.0 Å². The molecule has 0 saturated carbocycles. The Kier molecular flexibility index (Phi) is 9.01. The number of benzene rings is 1. The normalized spacial score (nSPS) is 12.3. The highest BCUT2D eigenvalue weighted by atomic mass is 16.7. The van der Waals surface area contributed by atoms with Gasteiger partial charge in [-0.2, -0.15) is 0 Å². The Balaban J connectivity index is 0.00000172. The zero-order chi connectivity index (χ0) is 15.4. The number of ether oxygens (including phenoxy) is 2. The monoisotopic (exact) mass is 278 g/mol. The van der Waals surface area contributed by atoms with Crippen LogP contribution in [0.5, 0.6) is 0 Å². The van der Waals surface area contributed by atoms with Gasteiger partial charge in [-0.1, -0.05) is 32.0 Å². The number of nitrogens with one attached hydrogen (secondary N) is 1. The third-order valence-electron chi connectivity index (χ3n) is 2.25. The van der Waals surface area contributed by atoms with Crippen molar-refractivity contribution >= 4 is 5.91 Å². The minimum absolute atomic E-state index is 0.0723. The van der Waals surface area contributed by atoms with Gasteiger partial charge >= 0.3 is 5.66 Å². The van der Waals surface area contributed by atoms with Crippen LogP contribution in [-0.2, 0) is 9.47 Å². The lowest BCUT2D eigenvalue weighted by Crippen LogP contribution is -2.47. The van der Waals surface area contributed by atoms with Crippen LogP contribution in [0.15, 0.2) is 30.3 Å². The van der Waals surface area contributed by atoms with Gasteiger partial charge in [0.15, 0.2) is 0 Å². The van der Waals surface area contributed by atoms with Crippen molar-refractivity contribution in [2.24, 2.45) is 0 Å². The van der Waals surface area contributed by atoms with Crippen LogP contribution in [0.3, 0.4) is 0 Å². The predicted octanol–water partition coefficient (Wildman–Crippen LogP) is 2.70. The Morgan fingerprint density at radius 3 is 2.45 bits per heavy atom. The number of nitrogens with zero attached hydrogens (tertiary/aromatic N) is 1. The van der Waals surface area contributed by atoms with Gasteiger partial charge in [-0.05, 0) is 12.1 Å². The van der Waals surface area contributed by atoms with Crippen LogP contribution in [0.4, 0.5) is 0 Å². The van der Waals surface area contributed by atoms with E-state index in [4.69, 9.17) is 16.0 Å². The van der Waals surface area contributed by atoms with E-state index in [1.165, 1.54) is 7.11 Å². The molecule has 20 heavy (non-hydrogen) atoms. The van der Waals surface area contributed by atoms with Crippen molar-refractivity contribution in [3.05, 3.63) is 47.3 Å². The molecule has 0 radical (unpaired) electrons. The molecule has 1 aromatic rings. The van der Waals surface area contributed by atoms with E-state index in [9.17, 15) is 4.79 Å². The number of methoxy groups -OCH3 is 1. The second kappa shape index (κ2) is 9.96. The van der Waals surface area contributed by atoms with E-state index in [0.717, 1.165) is 0 Å². The van der Waals surface area contributed by atoms with E-state index in [1.54, 1.807) is 31.2 Å². The Bertz CT molecular complexity index is 428. The van der Waals surface area contributed by atoms with Gasteiger partial charge < -0.3 is 9.47 Å². The molecule has 0 heterocycles. The SMILES string of the molecule is CC.[C-]#[N+]C(C)(COCOC)NC(=O)c1ccccc1. The Hall–Kier alpha value is -1.90. The second-order valence-corrected chi connectivity index (χ2v) is 3.96. The molecule has 0 aromatic heterocycles. The molecule has 1 rings (SSSR count). The largest absolute Gasteiger partial charge is 0.359 e. The van der Waals surface area contributed by atoms with E-state index >= 15 is 0 Å². The minimum atomic E-state index is -1.09. The van der Waals surface area contributed by atoms with Crippen molar-refractivity contribution in [2.45, 2.75) is 26.4 Å². The average Bonchev–Trinajstić information content (AvgIpc) is 2.50. The Morgan fingerprint density at radius 2 is 1.95 bits per heavy atom. The zero-order valence-corrected chi connectivity index (χ0v) is 12.5. The van der Waals surface area contributed by atoms with Gasteiger partial charge in [-0.15, -0.1) is 0 Å². The van der Waals surface area contributed by atoms with Crippen molar-refractivity contribution in [3.63, 3.8) is 0 Å². The van der Waals surface area contributed by atoms with Crippen LogP contribution in [0, 0.1) is 6.57 Å². The molecule has 0 fully saturated rings. The van der Waals surface area contributed by atoms with Crippen LogP contribution < -0.4 is 5.32 Å². The van der Waals surface area contributed by atoms with E-state index in [1.807, 2.05) is 19.9 Å². The highest BCUT2D eigenvalue weighted by Crippen LogP contribution is 2.09. The number of carbonyl (C=O) groups is 1. The molecule has 5 nitrogen and oxygen atoms in total. The molecular weight excluding hydrogens is 256 g/mol. The van der Waals surface area contributed by atoms with E-state index in [0.29, 0.717) is 5.56 Å². The lowest BCUT2D eigenvalue weighted by atomic mass is 10.1. The van der Waals surface area contributed by atoms with E-state index in [2.05, 4.69) is 10.2 Å². The summed E-state index contributed by atoms with van der Waals surface area (Å²) in [6.07, 6.45) is 0. The van der Waals surface area contributed by atoms with Gasteiger partial charge in [0.05, 0.1) is 0 Å². The number of amides is 1. The summed E-state index contributed by atoms with van der Waals surface area (Å²) in [6.45, 7) is 12.9. The lowest BCUT2D eigenvalue weighted by molar-refractivity contribution is -0.0443. The number of rotatable bonds is 6. The molecule has 0 spiro atoms. The topological polar surface area (TPSA) is 51.9 Å². The fourth-order valence-electron chi connectivity index (χ4n) is 1.33. The van der Waals surface area contributed by atoms with Gasteiger partial charge in [0.25, 0.3) is 5.91 Å². The Labute approximate surface area is 120 Å². The summed E-state index contributed by atoms with van der Waals surface area (Å²) in [5.74, 6) is -0.296. The summed E-state index contributed by atoms with van der Waals surface area (Å²) in [6, 6.07) is 8.75. The standard InChI is InChI=1S/C13H16N2O3.C2H6/c1-13(14-2,9-18-10-17-3)15-12(16)11-7-5-4-6-8-11;1-2/h4-8H,9-10H2,1,3H3,(H,15,16);1-2H3. The highest BCUT2D eigenvalue weighted by molar-refractivity contribution is 5.94. The first-order valence-corrected chi connectivity index (χ1v) is 6.44. The number of hydrogen-bond donors (Lipinski definition) is 1. The van der Waals surface area contributed by atoms with Crippen LogP contribution in [0.1, 0.15) is 31.1 Å². The fraction of sp³-hybridized carbons (Fsp3) is 0.467. The smallest absolute Gasteiger partial charge is 0.328 e. The fourth-order valence-corrected chi connectivity index (χ4v) is 1.33. The van der Waals surface area contributed by atoms with Crippen molar-refractivity contribution in [1.29, 1.82) is 0 Å². The molecule has 1 N–H and O–H groups in total. The van der Waals surface area contributed by atoms with E-state index < -0.39 is 5.66 Å². The first-order valence-electron chi connectivity index (χ1n) is 6.44. The molecule has 1 amide bonds. The first-order chi connectivity index (χ1) is 9.61. The highest BCUT2D eigenvalue weighted by Gasteiger charge is 2.32. The molecule has 1 unspecified atom stereocenters. The third-order valence-corrected chi connectivity index (χ3v) is 2.25. The first kappa shape index (κ1) is 18.1. The van der Waals surface area contributed by atoms with Crippen molar-refractivity contribution in [1.82, 2.24) is 5.32 Å². The Morgan fingerprint density at radius 1 is 1.35 bits per heavy atom. The lowest BCUT2D eigenvalue weighted by Gasteiger charge is -2.18. The average molecular weight is 278 g/mol. The molecule has 110 valence electrons. The second-order valence-electron chi connectivity index (χ2n) is 3.96. The minimum Gasteiger partial charge on any atom is -0.359 e. The van der Waals surface area contributed by atoms with Gasteiger partial charge in [0.2, 0.25) is 0 Å². The zero-order valence-electron chi connectivity index (χ0n) is 12.5. The molecule has 0 aliphatic carbocycles. The molecule has 0 bridgehead atoms. The summed E-state index contributed by atoms with van der Waals surface area (Å²) >= 11 is 0. The molecule has 1 atom stereocenters. The third kappa shape index (κ3) is 6.32. The van der Waals surface area contributed by atoms with Gasteiger partial charge in [0, 0.05) is 19.6 Å². The van der Waals surface area contributed by atoms with Crippen LogP contribution in [0.2, 0.25) is 0 Å². The van der Waals surface area contributed by atoms with Crippen molar-refractivity contribution in [2.75, 3.05) is 20.5 Å². The van der Waals surface area contributed by atoms with Gasteiger partial charge in [-0.25, -0.2) is 6.57 Å². The molecule has 1 aromatic carbocycles. The molecule has 0 saturated heterocycles. The maximum atomic E-state index is 11.9. The summed E-state index contributed by atoms with van der Waals surface area (Å²) < 4.78 is 9.86. The van der Waals surface area contributed by atoms with Gasteiger partial charge in [0.1, 0.15) is 13.4 Å². The summed E-state index contributed by atoms with van der Waals surface area (Å²) in [4.78, 5) is 15.3. The molecular formula is C15H22N2O3. The molecule has 5 heteroatoms. The number of hydrogen-bond acceptors (Lipinski definition) is 3. The van der Waals surface area contributed by atoms with Crippen LogP contribution >= 0.6 is 0 Å². The van der Waals surface area contributed by atoms with Crippen molar-refractivity contribution in [3.8, 4) is 0 Å². The van der Waals surface area contributed by atoms with Crippen LogP contribution in [-0.4, -0.2) is 32.1 Å². The summed E-state index contributed by atoms with van der Waals surface area (Å²) in [5.41, 5.74) is -0.579. The maximum Gasteiger partial charge on any atom is 0.328 e.